The van der Waals surface area contributed by atoms with Crippen LogP contribution in [0.4, 0.5) is 5.13 Å². The van der Waals surface area contributed by atoms with Crippen LogP contribution in [0.3, 0.4) is 0 Å². The smallest absolute Gasteiger partial charge is 0.180 e. The molecule has 3 aromatic heterocycles. The predicted molar refractivity (Wildman–Crippen MR) is 62.3 cm³/mol. The number of fused-ring (bicyclic) bond motifs is 1. The third-order valence-electron chi connectivity index (χ3n) is 2.29. The molecule has 0 bridgehead atoms. The summed E-state index contributed by atoms with van der Waals surface area (Å²) in [6, 6.07) is 5.82. The Morgan fingerprint density at radius 1 is 1.31 bits per heavy atom. The number of thiazole rings is 1. The van der Waals surface area contributed by atoms with Gasteiger partial charge in [0.2, 0.25) is 0 Å². The van der Waals surface area contributed by atoms with Gasteiger partial charge in [-0.15, -0.1) is 21.5 Å². The van der Waals surface area contributed by atoms with Gasteiger partial charge in [-0.25, -0.2) is 4.98 Å². The molecule has 0 aliphatic heterocycles. The Labute approximate surface area is 95.6 Å². The highest BCUT2D eigenvalue weighted by Crippen LogP contribution is 2.14. The summed E-state index contributed by atoms with van der Waals surface area (Å²) in [7, 11) is 0. The summed E-state index contributed by atoms with van der Waals surface area (Å²) in [5.74, 6) is 0.876. The molecule has 6 heteroatoms. The van der Waals surface area contributed by atoms with Gasteiger partial charge >= 0.3 is 0 Å². The van der Waals surface area contributed by atoms with Crippen LogP contribution in [0.2, 0.25) is 0 Å². The summed E-state index contributed by atoms with van der Waals surface area (Å²) in [5, 5.41) is 10.7. The minimum Gasteiger partial charge on any atom is -0.375 e. The van der Waals surface area contributed by atoms with Gasteiger partial charge in [0.1, 0.15) is 5.82 Å². The van der Waals surface area contributed by atoms with Crippen molar-refractivity contribution in [2.75, 3.05) is 5.73 Å². The highest BCUT2D eigenvalue weighted by atomic mass is 32.1. The minimum atomic E-state index is 0.587. The van der Waals surface area contributed by atoms with E-state index in [1.54, 1.807) is 0 Å². The second-order valence-electron chi connectivity index (χ2n) is 3.40. The molecule has 0 fully saturated rings. The van der Waals surface area contributed by atoms with Crippen LogP contribution in [0.25, 0.3) is 5.65 Å². The molecular formula is C10H9N5S. The van der Waals surface area contributed by atoms with Crippen LogP contribution < -0.4 is 5.73 Å². The average molecular weight is 231 g/mol. The fraction of sp³-hybridized carbons (Fsp3) is 0.100. The molecule has 0 saturated carbocycles. The van der Waals surface area contributed by atoms with Crippen LogP contribution in [-0.2, 0) is 6.42 Å². The molecule has 0 atom stereocenters. The Balaban J connectivity index is 2.00. The summed E-state index contributed by atoms with van der Waals surface area (Å²) in [4.78, 5) is 4.21. The molecule has 0 aliphatic rings. The topological polar surface area (TPSA) is 69.1 Å². The molecule has 0 spiro atoms. The highest BCUT2D eigenvalue weighted by molar-refractivity contribution is 7.13. The summed E-state index contributed by atoms with van der Waals surface area (Å²) < 4.78 is 1.95. The van der Waals surface area contributed by atoms with Crippen molar-refractivity contribution < 1.29 is 0 Å². The van der Waals surface area contributed by atoms with E-state index in [9.17, 15) is 0 Å². The van der Waals surface area contributed by atoms with Gasteiger partial charge in [0.25, 0.3) is 0 Å². The molecule has 0 radical (unpaired) electrons. The van der Waals surface area contributed by atoms with E-state index in [1.807, 2.05) is 34.2 Å². The number of nitrogens with zero attached hydrogens (tertiary/aromatic N) is 4. The van der Waals surface area contributed by atoms with E-state index in [0.29, 0.717) is 11.6 Å². The molecule has 0 amide bonds. The Morgan fingerprint density at radius 2 is 2.25 bits per heavy atom. The van der Waals surface area contributed by atoms with Crippen molar-refractivity contribution in [2.24, 2.45) is 0 Å². The van der Waals surface area contributed by atoms with Gasteiger partial charge in [-0.1, -0.05) is 6.07 Å². The Bertz CT molecular complexity index is 627. The van der Waals surface area contributed by atoms with Crippen molar-refractivity contribution in [3.63, 3.8) is 0 Å². The Kier molecular flexibility index (Phi) is 2.07. The second-order valence-corrected chi connectivity index (χ2v) is 4.29. The molecule has 2 N–H and O–H groups in total. The molecule has 3 heterocycles. The lowest BCUT2D eigenvalue weighted by atomic mass is 10.3. The molecule has 3 rings (SSSR count). The first-order valence-electron chi connectivity index (χ1n) is 4.81. The molecular weight excluding hydrogens is 222 g/mol. The number of hydrogen-bond acceptors (Lipinski definition) is 5. The van der Waals surface area contributed by atoms with Crippen molar-refractivity contribution in [3.05, 3.63) is 41.3 Å². The van der Waals surface area contributed by atoms with Gasteiger partial charge in [0.15, 0.2) is 10.8 Å². The van der Waals surface area contributed by atoms with E-state index >= 15 is 0 Å². The first-order valence-corrected chi connectivity index (χ1v) is 5.69. The number of nitrogen functional groups attached to an aromatic ring is 1. The van der Waals surface area contributed by atoms with Gasteiger partial charge in [-0.2, -0.15) is 0 Å². The van der Waals surface area contributed by atoms with E-state index in [1.165, 1.54) is 11.3 Å². The van der Waals surface area contributed by atoms with Gasteiger partial charge in [-0.3, -0.25) is 4.40 Å². The quantitative estimate of drug-likeness (QED) is 0.723. The summed E-state index contributed by atoms with van der Waals surface area (Å²) in [5.41, 5.74) is 7.36. The molecule has 5 nitrogen and oxygen atoms in total. The normalized spacial score (nSPS) is 11.0. The van der Waals surface area contributed by atoms with E-state index in [-0.39, 0.29) is 0 Å². The Hall–Kier alpha value is -1.95. The van der Waals surface area contributed by atoms with Crippen LogP contribution >= 0.6 is 11.3 Å². The summed E-state index contributed by atoms with van der Waals surface area (Å²) in [6.07, 6.45) is 2.60. The zero-order chi connectivity index (χ0) is 11.0. The van der Waals surface area contributed by atoms with Crippen LogP contribution in [-0.4, -0.2) is 19.6 Å². The highest BCUT2D eigenvalue weighted by Gasteiger charge is 2.07. The van der Waals surface area contributed by atoms with Crippen LogP contribution in [0.1, 0.15) is 11.5 Å². The largest absolute Gasteiger partial charge is 0.375 e. The standard InChI is InChI=1S/C10H9N5S/c11-10-12-7(6-16-10)5-9-14-13-8-3-1-2-4-15(8)9/h1-4,6H,5H2,(H2,11,12). The van der Waals surface area contributed by atoms with Gasteiger partial charge in [0, 0.05) is 11.6 Å². The lowest BCUT2D eigenvalue weighted by Crippen LogP contribution is -1.96. The minimum absolute atomic E-state index is 0.587. The number of pyridine rings is 1. The maximum Gasteiger partial charge on any atom is 0.180 e. The zero-order valence-corrected chi connectivity index (χ0v) is 9.18. The lowest BCUT2D eigenvalue weighted by molar-refractivity contribution is 0.917. The van der Waals surface area contributed by atoms with Crippen LogP contribution in [0.15, 0.2) is 29.8 Å². The van der Waals surface area contributed by atoms with Crippen molar-refractivity contribution in [1.29, 1.82) is 0 Å². The van der Waals surface area contributed by atoms with E-state index < -0.39 is 0 Å². The number of aromatic nitrogens is 4. The maximum absolute atomic E-state index is 5.58. The van der Waals surface area contributed by atoms with E-state index in [0.717, 1.165) is 17.2 Å². The third-order valence-corrected chi connectivity index (χ3v) is 3.02. The van der Waals surface area contributed by atoms with Crippen molar-refractivity contribution in [1.82, 2.24) is 19.6 Å². The average Bonchev–Trinajstić information content (AvgIpc) is 2.87. The van der Waals surface area contributed by atoms with Crippen molar-refractivity contribution in [2.45, 2.75) is 6.42 Å². The number of nitrogens with two attached hydrogens (primary N) is 1. The summed E-state index contributed by atoms with van der Waals surface area (Å²) in [6.45, 7) is 0. The SMILES string of the molecule is Nc1nc(Cc2nnc3ccccn23)cs1. The lowest BCUT2D eigenvalue weighted by Gasteiger charge is -1.96. The van der Waals surface area contributed by atoms with Crippen molar-refractivity contribution in [3.8, 4) is 0 Å². The fourth-order valence-corrected chi connectivity index (χ4v) is 2.14. The number of hydrogen-bond donors (Lipinski definition) is 1. The predicted octanol–water partition coefficient (Wildman–Crippen LogP) is 1.36. The molecule has 3 aromatic rings. The number of rotatable bonds is 2. The Morgan fingerprint density at radius 3 is 3.06 bits per heavy atom. The molecule has 16 heavy (non-hydrogen) atoms. The molecule has 0 unspecified atom stereocenters. The summed E-state index contributed by atoms with van der Waals surface area (Å²) >= 11 is 1.44. The molecule has 0 aliphatic carbocycles. The van der Waals surface area contributed by atoms with Gasteiger partial charge in [-0.05, 0) is 12.1 Å². The fourth-order valence-electron chi connectivity index (χ4n) is 1.58. The van der Waals surface area contributed by atoms with E-state index in [2.05, 4.69) is 15.2 Å². The zero-order valence-electron chi connectivity index (χ0n) is 8.37. The van der Waals surface area contributed by atoms with Crippen LogP contribution in [0, 0.1) is 0 Å². The third kappa shape index (κ3) is 1.53. The van der Waals surface area contributed by atoms with E-state index in [4.69, 9.17) is 5.73 Å². The van der Waals surface area contributed by atoms with Gasteiger partial charge in [0.05, 0.1) is 12.1 Å². The first-order chi connectivity index (χ1) is 7.83. The van der Waals surface area contributed by atoms with Gasteiger partial charge < -0.3 is 5.73 Å². The maximum atomic E-state index is 5.58. The monoisotopic (exact) mass is 231 g/mol. The van der Waals surface area contributed by atoms with Crippen molar-refractivity contribution >= 4 is 22.1 Å². The second kappa shape index (κ2) is 3.57. The number of anilines is 1. The van der Waals surface area contributed by atoms with Crippen LogP contribution in [0.5, 0.6) is 0 Å². The molecule has 0 saturated heterocycles. The molecule has 80 valence electrons. The first kappa shape index (κ1) is 9.29. The molecule has 0 aromatic carbocycles.